The first-order valence-electron chi connectivity index (χ1n) is 10.1. The maximum absolute atomic E-state index is 13.4. The third-order valence-corrected chi connectivity index (χ3v) is 6.77. The highest BCUT2D eigenvalue weighted by Gasteiger charge is 2.76. The van der Waals surface area contributed by atoms with Crippen molar-refractivity contribution in [1.29, 1.82) is 0 Å². The molecule has 4 heterocycles. The van der Waals surface area contributed by atoms with Crippen LogP contribution in [0.4, 0.5) is 5.69 Å². The molecule has 1 spiro atoms. The lowest BCUT2D eigenvalue weighted by Crippen LogP contribution is -2.76. The van der Waals surface area contributed by atoms with Gasteiger partial charge in [-0.3, -0.25) is 19.3 Å². The van der Waals surface area contributed by atoms with Crippen molar-refractivity contribution in [1.82, 2.24) is 20.2 Å². The number of aromatic amines is 1. The average molecular weight is 433 g/mol. The second-order valence-corrected chi connectivity index (χ2v) is 8.56. The Labute approximate surface area is 184 Å². The normalized spacial score (nSPS) is 27.7. The summed E-state index contributed by atoms with van der Waals surface area (Å²) >= 11 is 0. The molecule has 0 aliphatic carbocycles. The fraction of sp³-hybridized carbons (Fsp3) is 0.261. The van der Waals surface area contributed by atoms with Crippen molar-refractivity contribution in [2.45, 2.75) is 25.0 Å². The fourth-order valence-corrected chi connectivity index (χ4v) is 5.29. The molecule has 9 nitrogen and oxygen atoms in total. The number of anilines is 1. The van der Waals surface area contributed by atoms with Gasteiger partial charge in [-0.1, -0.05) is 38.1 Å². The van der Waals surface area contributed by atoms with Crippen LogP contribution < -0.4 is 10.4 Å². The zero-order valence-electron chi connectivity index (χ0n) is 17.9. The molecule has 9 heteroatoms. The molecule has 32 heavy (non-hydrogen) atoms. The van der Waals surface area contributed by atoms with Crippen molar-refractivity contribution in [3.63, 3.8) is 0 Å². The number of imidazole rings is 1. The molecular weight excluding hydrogens is 410 g/mol. The maximum Gasteiger partial charge on any atom is 0.296 e. The molecule has 164 valence electrons. The van der Waals surface area contributed by atoms with E-state index in [1.807, 2.05) is 38.1 Å². The fourth-order valence-electron chi connectivity index (χ4n) is 5.29. The minimum atomic E-state index is -1.52. The molecule has 1 aromatic carbocycles. The van der Waals surface area contributed by atoms with Crippen molar-refractivity contribution in [2.24, 2.45) is 5.41 Å². The van der Waals surface area contributed by atoms with Gasteiger partial charge in [-0.25, -0.2) is 10.0 Å². The van der Waals surface area contributed by atoms with E-state index in [0.717, 1.165) is 5.56 Å². The minimum Gasteiger partial charge on any atom is -0.503 e. The van der Waals surface area contributed by atoms with Crippen LogP contribution in [0.25, 0.3) is 6.08 Å². The largest absolute Gasteiger partial charge is 0.503 e. The quantitative estimate of drug-likeness (QED) is 0.504. The molecule has 0 bridgehead atoms. The zero-order chi connectivity index (χ0) is 22.9. The molecule has 5 rings (SSSR count). The first-order chi connectivity index (χ1) is 15.2. The van der Waals surface area contributed by atoms with Gasteiger partial charge in [-0.2, -0.15) is 0 Å². The predicted molar refractivity (Wildman–Crippen MR) is 117 cm³/mol. The summed E-state index contributed by atoms with van der Waals surface area (Å²) < 4.78 is 0. The number of nitrogens with zero attached hydrogens (tertiary/aromatic N) is 3. The molecule has 1 fully saturated rings. The Morgan fingerprint density at radius 3 is 2.69 bits per heavy atom. The highest BCUT2D eigenvalue weighted by atomic mass is 16.7. The number of hydroxylamine groups is 1. The number of benzene rings is 1. The molecule has 2 amide bonds. The smallest absolute Gasteiger partial charge is 0.296 e. The summed E-state index contributed by atoms with van der Waals surface area (Å²) in [6, 6.07) is 7.47. The number of nitrogens with one attached hydrogen (secondary N) is 2. The summed E-state index contributed by atoms with van der Waals surface area (Å²) in [6.45, 7) is 7.91. The number of para-hydroxylation sites is 1. The van der Waals surface area contributed by atoms with Crippen LogP contribution in [0.3, 0.4) is 0 Å². The summed E-state index contributed by atoms with van der Waals surface area (Å²) in [5.41, 5.74) is 0.141. The van der Waals surface area contributed by atoms with Gasteiger partial charge in [0.05, 0.1) is 36.4 Å². The molecule has 2 atom stereocenters. The van der Waals surface area contributed by atoms with Crippen molar-refractivity contribution >= 4 is 23.6 Å². The van der Waals surface area contributed by atoms with Gasteiger partial charge in [0.2, 0.25) is 5.79 Å². The molecule has 1 saturated heterocycles. The summed E-state index contributed by atoms with van der Waals surface area (Å²) in [4.78, 5) is 40.8. The number of carbonyl (C=O) groups excluding carboxylic acids is 2. The van der Waals surface area contributed by atoms with Gasteiger partial charge in [0.15, 0.2) is 5.76 Å². The maximum atomic E-state index is 13.4. The third kappa shape index (κ3) is 2.08. The monoisotopic (exact) mass is 433 g/mol. The van der Waals surface area contributed by atoms with Crippen LogP contribution in [0.5, 0.6) is 0 Å². The molecule has 1 aromatic heterocycles. The summed E-state index contributed by atoms with van der Waals surface area (Å²) in [6.07, 6.45) is 7.81. The van der Waals surface area contributed by atoms with E-state index in [2.05, 4.69) is 21.9 Å². The highest BCUT2D eigenvalue weighted by Crippen LogP contribution is 2.64. The first-order valence-corrected chi connectivity index (χ1v) is 10.1. The summed E-state index contributed by atoms with van der Waals surface area (Å²) in [7, 11) is 1.48. The van der Waals surface area contributed by atoms with Gasteiger partial charge < -0.3 is 15.4 Å². The summed E-state index contributed by atoms with van der Waals surface area (Å²) in [5.74, 6) is -3.19. The van der Waals surface area contributed by atoms with Gasteiger partial charge in [0.1, 0.15) is 5.70 Å². The Morgan fingerprint density at radius 1 is 1.28 bits per heavy atom. The number of carbonyl (C=O) groups is 2. The summed E-state index contributed by atoms with van der Waals surface area (Å²) in [5, 5.41) is 15.5. The number of amides is 2. The van der Waals surface area contributed by atoms with Gasteiger partial charge in [-0.05, 0) is 23.8 Å². The number of aliphatic hydroxyl groups is 1. The SMILES string of the molecule is C=CC(C)(C)C12C=C(O)C(=O)N3/C(=C/c4cnc[nH]4)C(=O)NC31N(OC)c1ccccc12. The molecule has 2 unspecified atom stereocenters. The molecule has 3 aliphatic heterocycles. The van der Waals surface area contributed by atoms with E-state index in [1.165, 1.54) is 41.7 Å². The number of aliphatic hydroxyl groups excluding tert-OH is 1. The zero-order valence-corrected chi connectivity index (χ0v) is 17.9. The Morgan fingerprint density at radius 2 is 2.03 bits per heavy atom. The van der Waals surface area contributed by atoms with E-state index in [4.69, 9.17) is 4.84 Å². The third-order valence-electron chi connectivity index (χ3n) is 6.77. The number of fused-ring (bicyclic) bond motifs is 2. The Hall–Kier alpha value is -3.85. The van der Waals surface area contributed by atoms with Gasteiger partial charge >= 0.3 is 0 Å². The van der Waals surface area contributed by atoms with E-state index in [9.17, 15) is 14.7 Å². The Kier molecular flexibility index (Phi) is 3.97. The number of aromatic nitrogens is 2. The van der Waals surface area contributed by atoms with Crippen LogP contribution in [0.2, 0.25) is 0 Å². The van der Waals surface area contributed by atoms with Crippen molar-refractivity contribution in [3.8, 4) is 0 Å². The van der Waals surface area contributed by atoms with Crippen LogP contribution in [-0.2, 0) is 19.8 Å². The van der Waals surface area contributed by atoms with E-state index in [0.29, 0.717) is 11.4 Å². The van der Waals surface area contributed by atoms with E-state index < -0.39 is 34.2 Å². The number of rotatable bonds is 4. The number of hydrogen-bond donors (Lipinski definition) is 3. The highest BCUT2D eigenvalue weighted by molar-refractivity contribution is 6.10. The number of hydrogen-bond acceptors (Lipinski definition) is 6. The van der Waals surface area contributed by atoms with Gasteiger partial charge in [0.25, 0.3) is 11.8 Å². The van der Waals surface area contributed by atoms with Crippen LogP contribution in [0.1, 0.15) is 25.1 Å². The Balaban J connectivity index is 1.91. The van der Waals surface area contributed by atoms with Gasteiger partial charge in [0, 0.05) is 5.41 Å². The topological polar surface area (TPSA) is 111 Å². The van der Waals surface area contributed by atoms with E-state index >= 15 is 0 Å². The van der Waals surface area contributed by atoms with Crippen molar-refractivity contribution in [2.75, 3.05) is 12.2 Å². The average Bonchev–Trinajstić information content (AvgIpc) is 3.44. The lowest BCUT2D eigenvalue weighted by molar-refractivity contribution is -0.144. The first kappa shape index (κ1) is 20.1. The predicted octanol–water partition coefficient (Wildman–Crippen LogP) is 2.35. The van der Waals surface area contributed by atoms with Gasteiger partial charge in [-0.15, -0.1) is 6.58 Å². The van der Waals surface area contributed by atoms with E-state index in [-0.39, 0.29) is 5.70 Å². The second kappa shape index (κ2) is 6.33. The standard InChI is InChI=1S/C23H23N5O4/c1-5-21(2,3)22-11-18(29)20(31)27-17(10-14-12-24-13-25-14)19(30)26-23(22,27)28(32-4)16-9-7-6-8-15(16)22/h5-13,29H,1H2,2-4H3,(H,24,25)(H,26,30)/b17-10+. The molecule has 3 N–H and O–H groups in total. The Bertz CT molecular complexity index is 1210. The molecular formula is C23H23N5O4. The molecule has 2 aromatic rings. The van der Waals surface area contributed by atoms with E-state index in [1.54, 1.807) is 6.08 Å². The molecule has 0 radical (unpaired) electrons. The van der Waals surface area contributed by atoms with Crippen molar-refractivity contribution in [3.05, 3.63) is 78.2 Å². The van der Waals surface area contributed by atoms with Crippen LogP contribution in [0, 0.1) is 5.41 Å². The lowest BCUT2D eigenvalue weighted by atomic mass is 9.57. The molecule has 0 saturated carbocycles. The second-order valence-electron chi connectivity index (χ2n) is 8.56. The van der Waals surface area contributed by atoms with Crippen LogP contribution >= 0.6 is 0 Å². The van der Waals surface area contributed by atoms with Crippen LogP contribution in [0.15, 0.2) is 67.0 Å². The van der Waals surface area contributed by atoms with Crippen LogP contribution in [-0.4, -0.2) is 44.7 Å². The number of H-pyrrole nitrogens is 1. The molecule has 3 aliphatic rings. The lowest BCUT2D eigenvalue weighted by Gasteiger charge is -2.56. The number of allylic oxidation sites excluding steroid dienone is 1. The minimum absolute atomic E-state index is 0.0537. The van der Waals surface area contributed by atoms with Crippen molar-refractivity contribution < 1.29 is 19.5 Å².